The number of carbonyl (C=O) groups is 1. The molecule has 0 atom stereocenters. The Hall–Kier alpha value is -2.41. The number of fused-ring (bicyclic) bond motifs is 1. The molecule has 0 N–H and O–H groups in total. The highest BCUT2D eigenvalue weighted by Gasteiger charge is 2.17. The van der Waals surface area contributed by atoms with Crippen LogP contribution in [0.3, 0.4) is 0 Å². The van der Waals surface area contributed by atoms with Gasteiger partial charge in [0.05, 0.1) is 22.7 Å². The summed E-state index contributed by atoms with van der Waals surface area (Å²) in [7, 11) is 0. The molecule has 0 aliphatic heterocycles. The fourth-order valence-corrected chi connectivity index (χ4v) is 3.43. The molecule has 3 aromatic rings. The summed E-state index contributed by atoms with van der Waals surface area (Å²) in [5.74, 6) is -3.49. The molecule has 0 unspecified atom stereocenters. The Kier molecular flexibility index (Phi) is 5.03. The molecule has 0 bridgehead atoms. The number of hydrogen-bond donors (Lipinski definition) is 0. The smallest absolute Gasteiger partial charge is 0.310 e. The Bertz CT molecular complexity index is 922. The Balaban J connectivity index is 1.78. The lowest BCUT2D eigenvalue weighted by atomic mass is 10.1. The molecular formula is C18H14F3NO2S. The minimum absolute atomic E-state index is 0.00725. The van der Waals surface area contributed by atoms with Crippen molar-refractivity contribution in [2.75, 3.05) is 6.61 Å². The number of aromatic nitrogens is 1. The number of esters is 1. The molecule has 0 saturated heterocycles. The lowest BCUT2D eigenvalue weighted by Gasteiger charge is -2.03. The third-order valence-electron chi connectivity index (χ3n) is 3.59. The van der Waals surface area contributed by atoms with Crippen LogP contribution in [0.25, 0.3) is 10.2 Å². The van der Waals surface area contributed by atoms with E-state index in [1.165, 1.54) is 0 Å². The monoisotopic (exact) mass is 365 g/mol. The SMILES string of the molecule is CCOC(=O)Cc1ccc(Cc2nc3c(F)c(F)cc(F)c3s2)cc1. The highest BCUT2D eigenvalue weighted by molar-refractivity contribution is 7.18. The molecular weight excluding hydrogens is 351 g/mol. The summed E-state index contributed by atoms with van der Waals surface area (Å²) in [6.07, 6.45) is 0.546. The second-order valence-electron chi connectivity index (χ2n) is 5.41. The maximum Gasteiger partial charge on any atom is 0.310 e. The van der Waals surface area contributed by atoms with Crippen LogP contribution >= 0.6 is 11.3 Å². The lowest BCUT2D eigenvalue weighted by molar-refractivity contribution is -0.142. The molecule has 0 amide bonds. The van der Waals surface area contributed by atoms with Crippen molar-refractivity contribution in [1.29, 1.82) is 0 Å². The summed E-state index contributed by atoms with van der Waals surface area (Å²) in [6.45, 7) is 2.08. The van der Waals surface area contributed by atoms with Crippen LogP contribution in [0, 0.1) is 17.5 Å². The molecule has 0 aliphatic rings. The van der Waals surface area contributed by atoms with Crippen LogP contribution in [0.1, 0.15) is 23.1 Å². The quantitative estimate of drug-likeness (QED) is 0.497. The minimum Gasteiger partial charge on any atom is -0.466 e. The van der Waals surface area contributed by atoms with Crippen LogP contribution in [0.15, 0.2) is 30.3 Å². The maximum absolute atomic E-state index is 13.7. The Morgan fingerprint density at radius 3 is 2.48 bits per heavy atom. The van der Waals surface area contributed by atoms with Crippen molar-refractivity contribution < 1.29 is 22.7 Å². The highest BCUT2D eigenvalue weighted by atomic mass is 32.1. The number of rotatable bonds is 5. The molecule has 0 radical (unpaired) electrons. The summed E-state index contributed by atoms with van der Waals surface area (Å²) >= 11 is 0.996. The summed E-state index contributed by atoms with van der Waals surface area (Å²) in [5.41, 5.74) is 1.40. The number of thiazole rings is 1. The fraction of sp³-hybridized carbons (Fsp3) is 0.222. The van der Waals surface area contributed by atoms with Crippen molar-refractivity contribution in [3.63, 3.8) is 0 Å². The Morgan fingerprint density at radius 2 is 1.80 bits per heavy atom. The van der Waals surface area contributed by atoms with Gasteiger partial charge in [-0.1, -0.05) is 24.3 Å². The van der Waals surface area contributed by atoms with E-state index in [9.17, 15) is 18.0 Å². The van der Waals surface area contributed by atoms with Gasteiger partial charge in [0.15, 0.2) is 11.6 Å². The van der Waals surface area contributed by atoms with Gasteiger partial charge in [-0.25, -0.2) is 18.2 Å². The number of halogens is 3. The van der Waals surface area contributed by atoms with E-state index in [-0.39, 0.29) is 22.6 Å². The van der Waals surface area contributed by atoms with E-state index in [0.717, 1.165) is 22.5 Å². The molecule has 2 aromatic carbocycles. The van der Waals surface area contributed by atoms with E-state index in [1.807, 2.05) is 12.1 Å². The molecule has 1 aromatic heterocycles. The summed E-state index contributed by atoms with van der Waals surface area (Å²) < 4.78 is 45.6. The number of hydrogen-bond acceptors (Lipinski definition) is 4. The maximum atomic E-state index is 13.7. The van der Waals surface area contributed by atoms with Crippen LogP contribution in [-0.4, -0.2) is 17.6 Å². The third kappa shape index (κ3) is 3.82. The van der Waals surface area contributed by atoms with Crippen LogP contribution in [0.2, 0.25) is 0 Å². The third-order valence-corrected chi connectivity index (χ3v) is 4.66. The second-order valence-corrected chi connectivity index (χ2v) is 6.50. The van der Waals surface area contributed by atoms with Gasteiger partial charge in [-0.3, -0.25) is 4.79 Å². The van der Waals surface area contributed by atoms with Gasteiger partial charge in [0.2, 0.25) is 0 Å². The summed E-state index contributed by atoms with van der Waals surface area (Å²) in [6, 6.07) is 7.74. The van der Waals surface area contributed by atoms with E-state index in [4.69, 9.17) is 4.74 Å². The fourth-order valence-electron chi connectivity index (χ4n) is 2.43. The normalized spacial score (nSPS) is 11.0. The molecule has 3 rings (SSSR count). The first-order chi connectivity index (χ1) is 12.0. The molecule has 0 aliphatic carbocycles. The Labute approximate surface area is 146 Å². The first kappa shape index (κ1) is 17.4. The molecule has 3 nitrogen and oxygen atoms in total. The molecule has 7 heteroatoms. The van der Waals surface area contributed by atoms with E-state index in [0.29, 0.717) is 24.1 Å². The molecule has 1 heterocycles. The highest BCUT2D eigenvalue weighted by Crippen LogP contribution is 2.29. The zero-order valence-electron chi connectivity index (χ0n) is 13.3. The topological polar surface area (TPSA) is 39.2 Å². The average molecular weight is 365 g/mol. The largest absolute Gasteiger partial charge is 0.466 e. The van der Waals surface area contributed by atoms with Gasteiger partial charge in [-0.2, -0.15) is 0 Å². The van der Waals surface area contributed by atoms with Gasteiger partial charge in [-0.05, 0) is 18.1 Å². The van der Waals surface area contributed by atoms with Crippen LogP contribution in [0.4, 0.5) is 13.2 Å². The predicted octanol–water partition coefficient (Wildman–Crippen LogP) is 4.41. The summed E-state index contributed by atoms with van der Waals surface area (Å²) in [5, 5.41) is 0.483. The van der Waals surface area contributed by atoms with Gasteiger partial charge in [-0.15, -0.1) is 11.3 Å². The Morgan fingerprint density at radius 1 is 1.12 bits per heavy atom. The van der Waals surface area contributed by atoms with Crippen molar-refractivity contribution in [3.8, 4) is 0 Å². The number of carbonyl (C=O) groups excluding carboxylic acids is 1. The number of benzene rings is 2. The van der Waals surface area contributed by atoms with Gasteiger partial charge in [0, 0.05) is 12.5 Å². The number of nitrogens with zero attached hydrogens (tertiary/aromatic N) is 1. The van der Waals surface area contributed by atoms with E-state index in [1.54, 1.807) is 19.1 Å². The molecule has 0 fully saturated rings. The predicted molar refractivity (Wildman–Crippen MR) is 89.1 cm³/mol. The van der Waals surface area contributed by atoms with Crippen LogP contribution in [-0.2, 0) is 22.4 Å². The van der Waals surface area contributed by atoms with Gasteiger partial charge in [0.1, 0.15) is 11.3 Å². The van der Waals surface area contributed by atoms with Crippen LogP contribution in [0.5, 0.6) is 0 Å². The summed E-state index contributed by atoms with van der Waals surface area (Å²) in [4.78, 5) is 15.5. The molecule has 25 heavy (non-hydrogen) atoms. The van der Waals surface area contributed by atoms with E-state index >= 15 is 0 Å². The number of ether oxygens (including phenoxy) is 1. The lowest BCUT2D eigenvalue weighted by Crippen LogP contribution is -2.07. The van der Waals surface area contributed by atoms with Gasteiger partial charge in [0.25, 0.3) is 0 Å². The second kappa shape index (κ2) is 7.23. The van der Waals surface area contributed by atoms with Crippen molar-refractivity contribution in [2.24, 2.45) is 0 Å². The van der Waals surface area contributed by atoms with Gasteiger partial charge >= 0.3 is 5.97 Å². The zero-order chi connectivity index (χ0) is 18.0. The van der Waals surface area contributed by atoms with Gasteiger partial charge < -0.3 is 4.74 Å². The first-order valence-corrected chi connectivity index (χ1v) is 8.46. The van der Waals surface area contributed by atoms with Crippen molar-refractivity contribution in [1.82, 2.24) is 4.98 Å². The average Bonchev–Trinajstić information content (AvgIpc) is 2.99. The van der Waals surface area contributed by atoms with Crippen LogP contribution < -0.4 is 0 Å². The standard InChI is InChI=1S/C18H14F3NO2S/c1-2-24-15(23)8-11-5-3-10(4-6-11)7-14-22-17-16(21)12(19)9-13(20)18(17)25-14/h3-6,9H,2,7-8H2,1H3. The van der Waals surface area contributed by atoms with Crippen molar-refractivity contribution >= 4 is 27.5 Å². The molecule has 0 spiro atoms. The molecule has 0 saturated carbocycles. The minimum atomic E-state index is -1.25. The van der Waals surface area contributed by atoms with E-state index < -0.39 is 17.5 Å². The molecule has 130 valence electrons. The van der Waals surface area contributed by atoms with Crippen molar-refractivity contribution in [3.05, 3.63) is 63.9 Å². The van der Waals surface area contributed by atoms with Crippen molar-refractivity contribution in [2.45, 2.75) is 19.8 Å². The zero-order valence-corrected chi connectivity index (χ0v) is 14.1. The first-order valence-electron chi connectivity index (χ1n) is 7.64. The van der Waals surface area contributed by atoms with E-state index in [2.05, 4.69) is 4.98 Å².